The van der Waals surface area contributed by atoms with Gasteiger partial charge >= 0.3 is 0 Å². The molecule has 20 heavy (non-hydrogen) atoms. The van der Waals surface area contributed by atoms with Crippen molar-refractivity contribution >= 4 is 38.3 Å². The number of aromatic nitrogens is 1. The average molecular weight is 355 g/mol. The minimum absolute atomic E-state index is 0.151. The van der Waals surface area contributed by atoms with Crippen LogP contribution in [0, 0.1) is 17.3 Å². The lowest BCUT2D eigenvalue weighted by Crippen LogP contribution is -2.53. The molecule has 1 amide bonds. The fourth-order valence-electron chi connectivity index (χ4n) is 5.33. The normalized spacial score (nSPS) is 41.9. The fourth-order valence-corrected chi connectivity index (χ4v) is 7.39. The summed E-state index contributed by atoms with van der Waals surface area (Å²) < 4.78 is 0.332. The SMILES string of the molecule is O=C(CC12C[C@@H]3C[C@@H](CC(Br)(C3)C1)C2)Nc1nccs1. The molecule has 3 nitrogen and oxygen atoms in total. The van der Waals surface area contributed by atoms with Crippen molar-refractivity contribution < 1.29 is 4.79 Å². The second kappa shape index (κ2) is 4.54. The van der Waals surface area contributed by atoms with Crippen molar-refractivity contribution in [2.45, 2.75) is 49.3 Å². The Kier molecular flexibility index (Phi) is 3.01. The highest BCUT2D eigenvalue weighted by atomic mass is 79.9. The van der Waals surface area contributed by atoms with Gasteiger partial charge in [0.2, 0.25) is 5.91 Å². The lowest BCUT2D eigenvalue weighted by molar-refractivity contribution is -0.123. The monoisotopic (exact) mass is 354 g/mol. The van der Waals surface area contributed by atoms with Gasteiger partial charge in [-0.2, -0.15) is 0 Å². The smallest absolute Gasteiger partial charge is 0.226 e. The van der Waals surface area contributed by atoms with E-state index in [9.17, 15) is 4.79 Å². The maximum absolute atomic E-state index is 12.3. The third-order valence-corrected chi connectivity index (χ3v) is 6.94. The second-order valence-corrected chi connectivity index (χ2v) is 9.75. The molecule has 1 aromatic rings. The van der Waals surface area contributed by atoms with Crippen LogP contribution in [-0.2, 0) is 4.79 Å². The number of nitrogens with zero attached hydrogens (tertiary/aromatic N) is 1. The average Bonchev–Trinajstić information content (AvgIpc) is 2.76. The quantitative estimate of drug-likeness (QED) is 0.826. The van der Waals surface area contributed by atoms with E-state index in [-0.39, 0.29) is 11.3 Å². The Morgan fingerprint density at radius 2 is 2.15 bits per heavy atom. The molecule has 4 fully saturated rings. The summed E-state index contributed by atoms with van der Waals surface area (Å²) in [6, 6.07) is 0. The Morgan fingerprint density at radius 1 is 1.40 bits per heavy atom. The highest BCUT2D eigenvalue weighted by molar-refractivity contribution is 9.10. The molecule has 4 saturated carbocycles. The highest BCUT2D eigenvalue weighted by Gasteiger charge is 2.57. The summed E-state index contributed by atoms with van der Waals surface area (Å²) in [6.07, 6.45) is 10.1. The molecule has 5 heteroatoms. The van der Waals surface area contributed by atoms with Gasteiger partial charge in [-0.3, -0.25) is 4.79 Å². The van der Waals surface area contributed by atoms with E-state index in [1.54, 1.807) is 6.20 Å². The summed E-state index contributed by atoms with van der Waals surface area (Å²) in [5, 5.41) is 5.59. The Bertz CT molecular complexity index is 516. The van der Waals surface area contributed by atoms with E-state index >= 15 is 0 Å². The molecule has 4 atom stereocenters. The van der Waals surface area contributed by atoms with Crippen LogP contribution in [0.25, 0.3) is 0 Å². The number of alkyl halides is 1. The zero-order valence-electron chi connectivity index (χ0n) is 11.4. The predicted molar refractivity (Wildman–Crippen MR) is 84.1 cm³/mol. The van der Waals surface area contributed by atoms with Crippen LogP contribution in [-0.4, -0.2) is 15.2 Å². The Hall–Kier alpha value is -0.420. The number of hydrogen-bond donors (Lipinski definition) is 1. The fraction of sp³-hybridized carbons (Fsp3) is 0.733. The van der Waals surface area contributed by atoms with Crippen LogP contribution in [0.3, 0.4) is 0 Å². The molecule has 0 spiro atoms. The van der Waals surface area contributed by atoms with Gasteiger partial charge in [-0.05, 0) is 55.8 Å². The molecule has 0 aliphatic heterocycles. The van der Waals surface area contributed by atoms with E-state index in [4.69, 9.17) is 0 Å². The van der Waals surface area contributed by atoms with Gasteiger partial charge in [0.1, 0.15) is 0 Å². The third-order valence-electron chi connectivity index (χ3n) is 5.33. The lowest BCUT2D eigenvalue weighted by Gasteiger charge is -2.60. The van der Waals surface area contributed by atoms with Gasteiger partial charge in [0.25, 0.3) is 0 Å². The van der Waals surface area contributed by atoms with E-state index in [0.29, 0.717) is 10.7 Å². The number of nitrogens with one attached hydrogen (secondary N) is 1. The Balaban J connectivity index is 1.49. The number of carbonyl (C=O) groups excluding carboxylic acids is 1. The largest absolute Gasteiger partial charge is 0.302 e. The minimum atomic E-state index is 0.151. The molecule has 4 bridgehead atoms. The van der Waals surface area contributed by atoms with Gasteiger partial charge < -0.3 is 5.32 Å². The first-order valence-corrected chi connectivity index (χ1v) is 9.10. The molecule has 1 aromatic heterocycles. The number of halogens is 1. The molecule has 1 N–H and O–H groups in total. The molecule has 0 radical (unpaired) electrons. The topological polar surface area (TPSA) is 42.0 Å². The first-order chi connectivity index (χ1) is 9.54. The Labute approximate surface area is 131 Å². The van der Waals surface area contributed by atoms with Gasteiger partial charge in [-0.1, -0.05) is 15.9 Å². The maximum Gasteiger partial charge on any atom is 0.226 e. The van der Waals surface area contributed by atoms with E-state index in [0.717, 1.165) is 17.0 Å². The van der Waals surface area contributed by atoms with Gasteiger partial charge in [-0.25, -0.2) is 4.98 Å². The summed E-state index contributed by atoms with van der Waals surface area (Å²) in [4.78, 5) is 16.5. The second-order valence-electron chi connectivity index (χ2n) is 7.17. The number of rotatable bonds is 3. The van der Waals surface area contributed by atoms with Crippen molar-refractivity contribution in [1.82, 2.24) is 4.98 Å². The van der Waals surface area contributed by atoms with Gasteiger partial charge in [0.05, 0.1) is 0 Å². The Morgan fingerprint density at radius 3 is 2.75 bits per heavy atom. The van der Waals surface area contributed by atoms with Crippen LogP contribution >= 0.6 is 27.3 Å². The van der Waals surface area contributed by atoms with Gasteiger partial charge in [0, 0.05) is 22.3 Å². The van der Waals surface area contributed by atoms with Crippen molar-refractivity contribution in [1.29, 1.82) is 0 Å². The first-order valence-electron chi connectivity index (χ1n) is 7.43. The summed E-state index contributed by atoms with van der Waals surface area (Å²) in [6.45, 7) is 0. The van der Waals surface area contributed by atoms with E-state index in [1.165, 1.54) is 49.9 Å². The molecule has 0 aromatic carbocycles. The van der Waals surface area contributed by atoms with Crippen LogP contribution in [0.5, 0.6) is 0 Å². The number of thiazole rings is 1. The zero-order valence-corrected chi connectivity index (χ0v) is 13.8. The summed E-state index contributed by atoms with van der Waals surface area (Å²) in [7, 11) is 0. The standard InChI is InChI=1S/C15H19BrN2OS/c16-15-6-10-3-11(7-15)5-14(4-10,9-15)8-12(19)18-13-17-1-2-20-13/h1-2,10-11H,3-9H2,(H,17,18,19)/t10-,11+,14?,15?. The number of amides is 1. The molecule has 4 aliphatic carbocycles. The minimum Gasteiger partial charge on any atom is -0.302 e. The molecule has 5 rings (SSSR count). The molecule has 108 valence electrons. The third kappa shape index (κ3) is 2.33. The van der Waals surface area contributed by atoms with Crippen LogP contribution in [0.1, 0.15) is 44.9 Å². The van der Waals surface area contributed by atoms with Crippen LogP contribution in [0.15, 0.2) is 11.6 Å². The first kappa shape index (κ1) is 13.3. The summed E-state index contributed by atoms with van der Waals surface area (Å²) in [5.74, 6) is 1.82. The van der Waals surface area contributed by atoms with Gasteiger partial charge in [0.15, 0.2) is 5.13 Å². The van der Waals surface area contributed by atoms with E-state index < -0.39 is 0 Å². The molecule has 2 unspecified atom stereocenters. The van der Waals surface area contributed by atoms with Crippen molar-refractivity contribution in [3.8, 4) is 0 Å². The summed E-state index contributed by atoms with van der Waals surface area (Å²) >= 11 is 5.49. The van der Waals surface area contributed by atoms with Crippen molar-refractivity contribution in [2.24, 2.45) is 17.3 Å². The maximum atomic E-state index is 12.3. The molecule has 1 heterocycles. The zero-order chi connectivity index (χ0) is 13.8. The molecular formula is C15H19BrN2OS. The number of anilines is 1. The van der Waals surface area contributed by atoms with Crippen molar-refractivity contribution in [2.75, 3.05) is 5.32 Å². The van der Waals surface area contributed by atoms with Crippen molar-refractivity contribution in [3.05, 3.63) is 11.6 Å². The van der Waals surface area contributed by atoms with Gasteiger partial charge in [-0.15, -0.1) is 11.3 Å². The van der Waals surface area contributed by atoms with E-state index in [1.807, 2.05) is 5.38 Å². The molecular weight excluding hydrogens is 336 g/mol. The summed E-state index contributed by atoms with van der Waals surface area (Å²) in [5.41, 5.74) is 0.245. The predicted octanol–water partition coefficient (Wildman–Crippen LogP) is 4.21. The van der Waals surface area contributed by atoms with Crippen LogP contribution < -0.4 is 5.32 Å². The highest BCUT2D eigenvalue weighted by Crippen LogP contribution is 2.65. The lowest BCUT2D eigenvalue weighted by atomic mass is 9.48. The number of carbonyl (C=O) groups is 1. The van der Waals surface area contributed by atoms with Crippen molar-refractivity contribution in [3.63, 3.8) is 0 Å². The molecule has 0 saturated heterocycles. The van der Waals surface area contributed by atoms with Crippen LogP contribution in [0.2, 0.25) is 0 Å². The number of hydrogen-bond acceptors (Lipinski definition) is 3. The molecule has 4 aliphatic rings. The van der Waals surface area contributed by atoms with E-state index in [2.05, 4.69) is 26.2 Å². The van der Waals surface area contributed by atoms with Crippen LogP contribution in [0.4, 0.5) is 5.13 Å².